The third-order valence-electron chi connectivity index (χ3n) is 7.95. The topological polar surface area (TPSA) is 41.9 Å². The number of hydrogen-bond donors (Lipinski definition) is 1. The van der Waals surface area contributed by atoms with Crippen LogP contribution in [0.25, 0.3) is 0 Å². The molecular weight excluding hydrogens is 458 g/mol. The summed E-state index contributed by atoms with van der Waals surface area (Å²) >= 11 is 0. The molecule has 1 N–H and O–H groups in total. The van der Waals surface area contributed by atoms with E-state index in [4.69, 9.17) is 9.47 Å². The maximum atomic E-state index is 10.2. The molecule has 0 aliphatic carbocycles. The predicted molar refractivity (Wildman–Crippen MR) is 150 cm³/mol. The summed E-state index contributed by atoms with van der Waals surface area (Å²) in [5.41, 5.74) is 3.50. The molecule has 0 saturated carbocycles. The van der Waals surface area contributed by atoms with E-state index < -0.39 is 0 Å². The second kappa shape index (κ2) is 13.0. The summed E-state index contributed by atoms with van der Waals surface area (Å²) < 4.78 is 12.2. The van der Waals surface area contributed by atoms with Gasteiger partial charge in [0.1, 0.15) is 17.2 Å². The van der Waals surface area contributed by atoms with Crippen LogP contribution in [0.15, 0.2) is 72.8 Å². The minimum Gasteiger partial charge on any atom is -0.508 e. The van der Waals surface area contributed by atoms with Crippen LogP contribution < -0.4 is 9.47 Å². The maximum absolute atomic E-state index is 10.2. The number of phenolic OH excluding ortho intramolecular Hbond substituents is 1. The number of ether oxygens (including phenoxy) is 2. The Hall–Kier alpha value is -2.98. The van der Waals surface area contributed by atoms with Gasteiger partial charge in [0.05, 0.1) is 13.2 Å². The van der Waals surface area contributed by atoms with Crippen molar-refractivity contribution in [2.24, 2.45) is 0 Å². The lowest BCUT2D eigenvalue weighted by Gasteiger charge is -2.34. The molecule has 0 spiro atoms. The van der Waals surface area contributed by atoms with Crippen LogP contribution in [0.4, 0.5) is 0 Å². The second-order valence-electron chi connectivity index (χ2n) is 10.6. The number of fused-ring (bicyclic) bond motifs is 1. The van der Waals surface area contributed by atoms with Gasteiger partial charge in [0.15, 0.2) is 0 Å². The fourth-order valence-corrected chi connectivity index (χ4v) is 5.92. The Morgan fingerprint density at radius 1 is 0.784 bits per heavy atom. The quantitative estimate of drug-likeness (QED) is 0.262. The lowest BCUT2D eigenvalue weighted by Crippen LogP contribution is -2.25. The van der Waals surface area contributed by atoms with E-state index in [2.05, 4.69) is 53.4 Å². The smallest absolute Gasteiger partial charge is 0.123 e. The number of benzene rings is 3. The van der Waals surface area contributed by atoms with Crippen molar-refractivity contribution >= 4 is 0 Å². The standard InChI is InChI=1S/C33H41NO3/c35-28-16-19-32-30(24-28)33(31(25-37-32)26-12-6-5-7-13-26)27-14-17-29(18-15-27)36-23-11-4-2-1-3-8-20-34-21-9-10-22-34/h5-7,12-19,24,31,33,35H,1-4,8-11,20-23,25H2. The SMILES string of the molecule is Oc1ccc2c(c1)C(c1ccc(OCCCCCCCCN3CCCC3)cc1)C(c1ccccc1)CO2. The third kappa shape index (κ3) is 6.87. The molecule has 0 amide bonds. The molecule has 1 saturated heterocycles. The van der Waals surface area contributed by atoms with Crippen LogP contribution in [0.2, 0.25) is 0 Å². The van der Waals surface area contributed by atoms with Crippen molar-refractivity contribution in [2.45, 2.75) is 63.2 Å². The van der Waals surface area contributed by atoms with E-state index in [0.29, 0.717) is 6.61 Å². The Morgan fingerprint density at radius 2 is 1.51 bits per heavy atom. The number of unbranched alkanes of at least 4 members (excludes halogenated alkanes) is 5. The van der Waals surface area contributed by atoms with Crippen molar-refractivity contribution in [3.8, 4) is 17.2 Å². The Balaban J connectivity index is 1.12. The fourth-order valence-electron chi connectivity index (χ4n) is 5.92. The van der Waals surface area contributed by atoms with E-state index in [1.807, 2.05) is 18.2 Å². The van der Waals surface area contributed by atoms with Gasteiger partial charge < -0.3 is 19.5 Å². The van der Waals surface area contributed by atoms with Crippen LogP contribution in [0.3, 0.4) is 0 Å². The summed E-state index contributed by atoms with van der Waals surface area (Å²) in [5, 5.41) is 10.2. The Labute approximate surface area is 222 Å². The molecule has 2 aliphatic rings. The normalized spacial score (nSPS) is 19.4. The average molecular weight is 500 g/mol. The zero-order valence-electron chi connectivity index (χ0n) is 22.0. The monoisotopic (exact) mass is 499 g/mol. The Morgan fingerprint density at radius 3 is 2.30 bits per heavy atom. The first-order chi connectivity index (χ1) is 18.3. The molecular formula is C33H41NO3. The molecule has 3 aromatic rings. The number of nitrogens with zero attached hydrogens (tertiary/aromatic N) is 1. The molecule has 5 rings (SSSR count). The molecule has 0 bridgehead atoms. The Bertz CT molecular complexity index is 1090. The lowest BCUT2D eigenvalue weighted by atomic mass is 9.76. The summed E-state index contributed by atoms with van der Waals surface area (Å²) in [6.45, 7) is 5.32. The molecule has 4 nitrogen and oxygen atoms in total. The van der Waals surface area contributed by atoms with Gasteiger partial charge in [-0.3, -0.25) is 0 Å². The second-order valence-corrected chi connectivity index (χ2v) is 10.6. The first kappa shape index (κ1) is 25.7. The summed E-state index contributed by atoms with van der Waals surface area (Å²) in [6, 6.07) is 24.5. The molecule has 2 aliphatic heterocycles. The van der Waals surface area contributed by atoms with E-state index in [1.165, 1.54) is 75.7 Å². The highest BCUT2D eigenvalue weighted by Gasteiger charge is 2.33. The molecule has 37 heavy (non-hydrogen) atoms. The minimum absolute atomic E-state index is 0.109. The first-order valence-corrected chi connectivity index (χ1v) is 14.2. The molecule has 1 fully saturated rings. The van der Waals surface area contributed by atoms with Crippen LogP contribution >= 0.6 is 0 Å². The summed E-state index contributed by atoms with van der Waals surface area (Å²) in [7, 11) is 0. The van der Waals surface area contributed by atoms with E-state index in [1.54, 1.807) is 6.07 Å². The molecule has 2 atom stereocenters. The van der Waals surface area contributed by atoms with Crippen LogP contribution in [0, 0.1) is 0 Å². The summed E-state index contributed by atoms with van der Waals surface area (Å²) in [6.07, 6.45) is 10.5. The summed E-state index contributed by atoms with van der Waals surface area (Å²) in [5.74, 6) is 2.34. The largest absolute Gasteiger partial charge is 0.508 e. The van der Waals surface area contributed by atoms with E-state index in [-0.39, 0.29) is 17.6 Å². The molecule has 3 aromatic carbocycles. The molecule has 2 unspecified atom stereocenters. The lowest BCUT2D eigenvalue weighted by molar-refractivity contribution is 0.248. The van der Waals surface area contributed by atoms with Gasteiger partial charge in [0, 0.05) is 17.4 Å². The van der Waals surface area contributed by atoms with Crippen molar-refractivity contribution in [3.05, 3.63) is 89.5 Å². The van der Waals surface area contributed by atoms with Gasteiger partial charge in [0.2, 0.25) is 0 Å². The first-order valence-electron chi connectivity index (χ1n) is 14.2. The van der Waals surface area contributed by atoms with Crippen molar-refractivity contribution in [3.63, 3.8) is 0 Å². The zero-order chi connectivity index (χ0) is 25.3. The van der Waals surface area contributed by atoms with E-state index in [0.717, 1.165) is 30.1 Å². The number of likely N-dealkylation sites (tertiary alicyclic amines) is 1. The van der Waals surface area contributed by atoms with Crippen molar-refractivity contribution in [1.29, 1.82) is 0 Å². The predicted octanol–water partition coefficient (Wildman–Crippen LogP) is 7.52. The van der Waals surface area contributed by atoms with Crippen molar-refractivity contribution in [2.75, 3.05) is 32.8 Å². The molecule has 0 radical (unpaired) electrons. The number of rotatable bonds is 12. The summed E-state index contributed by atoms with van der Waals surface area (Å²) in [4.78, 5) is 2.62. The number of hydrogen-bond acceptors (Lipinski definition) is 4. The van der Waals surface area contributed by atoms with Gasteiger partial charge in [0.25, 0.3) is 0 Å². The molecule has 2 heterocycles. The average Bonchev–Trinajstić information content (AvgIpc) is 3.46. The molecule has 4 heteroatoms. The minimum atomic E-state index is 0.109. The van der Waals surface area contributed by atoms with Crippen LogP contribution in [0.5, 0.6) is 17.2 Å². The van der Waals surface area contributed by atoms with Gasteiger partial charge in [-0.1, -0.05) is 68.1 Å². The zero-order valence-corrected chi connectivity index (χ0v) is 22.0. The maximum Gasteiger partial charge on any atom is 0.123 e. The molecule has 0 aromatic heterocycles. The highest BCUT2D eigenvalue weighted by atomic mass is 16.5. The van der Waals surface area contributed by atoms with Gasteiger partial charge >= 0.3 is 0 Å². The fraction of sp³-hybridized carbons (Fsp3) is 0.455. The highest BCUT2D eigenvalue weighted by Crippen LogP contribution is 2.47. The van der Waals surface area contributed by atoms with Gasteiger partial charge in [-0.15, -0.1) is 0 Å². The van der Waals surface area contributed by atoms with E-state index in [9.17, 15) is 5.11 Å². The highest BCUT2D eigenvalue weighted by molar-refractivity contribution is 5.51. The van der Waals surface area contributed by atoms with Crippen LogP contribution in [0.1, 0.15) is 79.9 Å². The van der Waals surface area contributed by atoms with Crippen LogP contribution in [-0.2, 0) is 0 Å². The van der Waals surface area contributed by atoms with Crippen molar-refractivity contribution < 1.29 is 14.6 Å². The molecule has 196 valence electrons. The van der Waals surface area contributed by atoms with Gasteiger partial charge in [-0.25, -0.2) is 0 Å². The van der Waals surface area contributed by atoms with E-state index >= 15 is 0 Å². The van der Waals surface area contributed by atoms with Gasteiger partial charge in [-0.05, 0) is 86.8 Å². The van der Waals surface area contributed by atoms with Crippen LogP contribution in [-0.4, -0.2) is 42.9 Å². The Kier molecular flexibility index (Phi) is 9.02. The third-order valence-corrected chi connectivity index (χ3v) is 7.95. The number of phenols is 1. The number of aromatic hydroxyl groups is 1. The van der Waals surface area contributed by atoms with Crippen molar-refractivity contribution in [1.82, 2.24) is 4.90 Å². The van der Waals surface area contributed by atoms with Gasteiger partial charge in [-0.2, -0.15) is 0 Å².